The molecule has 3 nitrogen and oxygen atoms in total. The molecule has 7 aromatic carbocycles. The van der Waals surface area contributed by atoms with E-state index in [1.54, 1.807) is 0 Å². The third-order valence-corrected chi connectivity index (χ3v) is 10.6. The number of aromatic nitrogens is 1. The van der Waals surface area contributed by atoms with E-state index in [9.17, 15) is 0 Å². The topological polar surface area (TPSA) is 22.4 Å². The van der Waals surface area contributed by atoms with Gasteiger partial charge in [0.2, 0.25) is 5.69 Å². The maximum atomic E-state index is 8.15. The average Bonchev–Trinajstić information content (AvgIpc) is 3.80. The van der Waals surface area contributed by atoms with Crippen molar-refractivity contribution >= 4 is 80.9 Å². The normalized spacial score (nSPS) is 11.8. The number of hydrogen-bond donors (Lipinski definition) is 0. The number of hydrogen-bond acceptors (Lipinski definition) is 2. The molecule has 0 aliphatic rings. The Bertz CT molecular complexity index is 2920. The molecular formula is C43H24N2OS. The van der Waals surface area contributed by atoms with Crippen molar-refractivity contribution < 1.29 is 4.42 Å². The summed E-state index contributed by atoms with van der Waals surface area (Å²) in [7, 11) is 0. The number of para-hydroxylation sites is 2. The van der Waals surface area contributed by atoms with E-state index in [1.165, 1.54) is 36.5 Å². The van der Waals surface area contributed by atoms with Crippen LogP contribution in [0, 0.1) is 6.57 Å². The highest BCUT2D eigenvalue weighted by Gasteiger charge is 2.20. The molecule has 0 radical (unpaired) electrons. The smallest absolute Gasteiger partial charge is 0.230 e. The molecule has 0 atom stereocenters. The van der Waals surface area contributed by atoms with E-state index in [4.69, 9.17) is 11.0 Å². The molecule has 0 bridgehead atoms. The first-order chi connectivity index (χ1) is 23.2. The molecule has 0 aliphatic carbocycles. The molecule has 0 saturated carbocycles. The van der Waals surface area contributed by atoms with Crippen LogP contribution in [0.4, 0.5) is 5.69 Å². The lowest BCUT2D eigenvalue weighted by atomic mass is 9.99. The van der Waals surface area contributed by atoms with E-state index in [0.29, 0.717) is 11.3 Å². The van der Waals surface area contributed by atoms with Crippen LogP contribution in [-0.2, 0) is 0 Å². The molecule has 3 aromatic heterocycles. The maximum Gasteiger partial charge on any atom is 0.230 e. The van der Waals surface area contributed by atoms with Crippen LogP contribution in [0.3, 0.4) is 0 Å². The van der Waals surface area contributed by atoms with Gasteiger partial charge >= 0.3 is 0 Å². The van der Waals surface area contributed by atoms with Gasteiger partial charge in [-0.25, -0.2) is 4.85 Å². The zero-order valence-electron chi connectivity index (χ0n) is 25.1. The maximum absolute atomic E-state index is 8.15. The van der Waals surface area contributed by atoms with Crippen molar-refractivity contribution in [3.05, 3.63) is 157 Å². The van der Waals surface area contributed by atoms with Crippen LogP contribution in [0.5, 0.6) is 0 Å². The van der Waals surface area contributed by atoms with Crippen molar-refractivity contribution in [2.24, 2.45) is 0 Å². The largest absolute Gasteiger partial charge is 0.465 e. The summed E-state index contributed by atoms with van der Waals surface area (Å²) in [5.74, 6) is 0. The molecule has 0 unspecified atom stereocenters. The van der Waals surface area contributed by atoms with Crippen molar-refractivity contribution in [2.45, 2.75) is 0 Å². The first-order valence-corrected chi connectivity index (χ1v) is 16.4. The molecule has 10 rings (SSSR count). The van der Waals surface area contributed by atoms with Gasteiger partial charge < -0.3 is 8.98 Å². The quantitative estimate of drug-likeness (QED) is 0.181. The summed E-state index contributed by atoms with van der Waals surface area (Å²) in [4.78, 5) is 3.97. The van der Waals surface area contributed by atoms with Gasteiger partial charge in [-0.2, -0.15) is 0 Å². The summed E-state index contributed by atoms with van der Waals surface area (Å²) in [6.07, 6.45) is 0. The highest BCUT2D eigenvalue weighted by molar-refractivity contribution is 7.25. The van der Waals surface area contributed by atoms with E-state index >= 15 is 0 Å². The molecule has 0 N–H and O–H groups in total. The SMILES string of the molecule is [C-]#[N+]c1cc(-c2ccc3sc4ccccc4c3c2)cc2c1oc1c(-n3c4ccccc4c4ccc(-c5ccccc5)cc43)cccc12. The summed E-state index contributed by atoms with van der Waals surface area (Å²) in [6.45, 7) is 8.15. The third kappa shape index (κ3) is 3.85. The second kappa shape index (κ2) is 9.92. The number of fused-ring (bicyclic) bond motifs is 9. The predicted molar refractivity (Wildman–Crippen MR) is 198 cm³/mol. The molecule has 0 amide bonds. The number of benzene rings is 7. The third-order valence-electron chi connectivity index (χ3n) is 9.41. The average molecular weight is 617 g/mol. The number of thiophene rings is 1. The Morgan fingerprint density at radius 1 is 0.468 bits per heavy atom. The van der Waals surface area contributed by atoms with Crippen LogP contribution in [0.1, 0.15) is 0 Å². The number of furan rings is 1. The Labute approximate surface area is 274 Å². The summed E-state index contributed by atoms with van der Waals surface area (Å²) in [6, 6.07) is 51.4. The van der Waals surface area contributed by atoms with Crippen molar-refractivity contribution in [3.8, 4) is 27.9 Å². The van der Waals surface area contributed by atoms with Gasteiger partial charge in [-0.05, 0) is 70.8 Å². The van der Waals surface area contributed by atoms with E-state index in [1.807, 2.05) is 23.5 Å². The van der Waals surface area contributed by atoms with E-state index in [-0.39, 0.29) is 0 Å². The number of rotatable bonds is 3. The Morgan fingerprint density at radius 2 is 1.17 bits per heavy atom. The minimum atomic E-state index is 0.517. The van der Waals surface area contributed by atoms with Crippen molar-refractivity contribution in [1.82, 2.24) is 4.57 Å². The highest BCUT2D eigenvalue weighted by atomic mass is 32.1. The van der Waals surface area contributed by atoms with Crippen LogP contribution >= 0.6 is 11.3 Å². The number of nitrogens with zero attached hydrogens (tertiary/aromatic N) is 2. The van der Waals surface area contributed by atoms with Gasteiger partial charge in [0, 0.05) is 41.7 Å². The Hall–Kier alpha value is -6.15. The second-order valence-electron chi connectivity index (χ2n) is 12.0. The summed E-state index contributed by atoms with van der Waals surface area (Å²) in [5.41, 5.74) is 9.54. The lowest BCUT2D eigenvalue weighted by Gasteiger charge is -2.10. The lowest BCUT2D eigenvalue weighted by molar-refractivity contribution is 0.668. The van der Waals surface area contributed by atoms with E-state index in [2.05, 4.69) is 143 Å². The molecule has 0 fully saturated rings. The Kier molecular flexibility index (Phi) is 5.51. The second-order valence-corrected chi connectivity index (χ2v) is 13.1. The van der Waals surface area contributed by atoms with Gasteiger partial charge in [0.05, 0.1) is 23.3 Å². The van der Waals surface area contributed by atoms with Gasteiger partial charge in [-0.15, -0.1) is 11.3 Å². The van der Waals surface area contributed by atoms with Crippen molar-refractivity contribution in [2.75, 3.05) is 0 Å². The molecular weight excluding hydrogens is 593 g/mol. The van der Waals surface area contributed by atoms with Gasteiger partial charge in [0.15, 0.2) is 5.58 Å². The first kappa shape index (κ1) is 26.1. The predicted octanol–water partition coefficient (Wildman–Crippen LogP) is 12.9. The molecule has 0 spiro atoms. The lowest BCUT2D eigenvalue weighted by Crippen LogP contribution is -1.94. The zero-order chi connectivity index (χ0) is 31.1. The monoisotopic (exact) mass is 616 g/mol. The molecule has 0 aliphatic heterocycles. The van der Waals surface area contributed by atoms with E-state index < -0.39 is 0 Å². The molecule has 0 saturated heterocycles. The molecule has 10 aromatic rings. The van der Waals surface area contributed by atoms with Gasteiger partial charge in [0.25, 0.3) is 0 Å². The van der Waals surface area contributed by atoms with Crippen LogP contribution in [0.25, 0.3) is 96.7 Å². The van der Waals surface area contributed by atoms with Gasteiger partial charge in [-0.1, -0.05) is 97.1 Å². The highest BCUT2D eigenvalue weighted by Crippen LogP contribution is 2.44. The van der Waals surface area contributed by atoms with Crippen LogP contribution in [0.15, 0.2) is 150 Å². The van der Waals surface area contributed by atoms with E-state index in [0.717, 1.165) is 49.8 Å². The first-order valence-electron chi connectivity index (χ1n) is 15.6. The van der Waals surface area contributed by atoms with Crippen molar-refractivity contribution in [1.29, 1.82) is 0 Å². The minimum Gasteiger partial charge on any atom is -0.465 e. The fourth-order valence-electron chi connectivity index (χ4n) is 7.24. The molecule has 3 heterocycles. The fraction of sp³-hybridized carbons (Fsp3) is 0. The zero-order valence-corrected chi connectivity index (χ0v) is 25.9. The van der Waals surface area contributed by atoms with Crippen LogP contribution in [0.2, 0.25) is 0 Å². The van der Waals surface area contributed by atoms with Crippen molar-refractivity contribution in [3.63, 3.8) is 0 Å². The summed E-state index contributed by atoms with van der Waals surface area (Å²) >= 11 is 1.81. The molecule has 47 heavy (non-hydrogen) atoms. The fourth-order valence-corrected chi connectivity index (χ4v) is 8.33. The Balaban J connectivity index is 1.23. The van der Waals surface area contributed by atoms with Gasteiger partial charge in [-0.3, -0.25) is 0 Å². The molecule has 218 valence electrons. The van der Waals surface area contributed by atoms with Gasteiger partial charge in [0.1, 0.15) is 5.58 Å². The summed E-state index contributed by atoms with van der Waals surface area (Å²) in [5, 5.41) is 6.83. The van der Waals surface area contributed by atoms with Crippen LogP contribution in [-0.4, -0.2) is 4.57 Å². The Morgan fingerprint density at radius 3 is 2.06 bits per heavy atom. The summed E-state index contributed by atoms with van der Waals surface area (Å²) < 4.78 is 11.6. The standard InChI is InChI=1S/C43H24N2OS/c1-44-36-24-29(27-19-21-41-34(22-27)32-13-6-8-17-40(32)47-41)23-35-33-14-9-16-38(43(33)46-42(35)36)45-37-15-7-5-12-30(37)31-20-18-28(25-39(31)45)26-10-3-2-4-11-26/h2-25H. The minimum absolute atomic E-state index is 0.517. The van der Waals surface area contributed by atoms with Crippen LogP contribution < -0.4 is 0 Å². The molecule has 4 heteroatoms.